The van der Waals surface area contributed by atoms with Crippen LogP contribution < -0.4 is 5.32 Å². The molecule has 2 aliphatic rings. The maximum atomic E-state index is 5.54. The molecule has 2 aliphatic heterocycles. The van der Waals surface area contributed by atoms with E-state index in [0.29, 0.717) is 0 Å². The van der Waals surface area contributed by atoms with Crippen LogP contribution >= 0.6 is 24.0 Å². The molecule has 2 fully saturated rings. The van der Waals surface area contributed by atoms with Gasteiger partial charge in [0.1, 0.15) is 0 Å². The van der Waals surface area contributed by atoms with Crippen molar-refractivity contribution in [2.45, 2.75) is 27.7 Å². The molecule has 2 saturated heterocycles. The van der Waals surface area contributed by atoms with Gasteiger partial charge in [-0.05, 0) is 37.9 Å². The van der Waals surface area contributed by atoms with Gasteiger partial charge < -0.3 is 10.2 Å². The fourth-order valence-electron chi connectivity index (χ4n) is 1.73. The molecule has 0 bridgehead atoms. The standard InChI is InChI=1S/C7H14ClN.C4H9N.CH4.ClH/c1-7-5-9(6-7)4-2-3-8;1-4-2-5-3-4;;/h7H,2-6H2,1H3;4-5H,2-3H2,1H3;1H4;1H. The van der Waals surface area contributed by atoms with E-state index < -0.39 is 0 Å². The van der Waals surface area contributed by atoms with Crippen molar-refractivity contribution in [3.63, 3.8) is 0 Å². The zero-order chi connectivity index (χ0) is 10.4. The Balaban J connectivity index is 0. The Morgan fingerprint density at radius 2 is 1.69 bits per heavy atom. The summed E-state index contributed by atoms with van der Waals surface area (Å²) >= 11 is 5.54. The summed E-state index contributed by atoms with van der Waals surface area (Å²) in [7, 11) is 0. The lowest BCUT2D eigenvalue weighted by molar-refractivity contribution is 0.114. The molecule has 0 unspecified atom stereocenters. The third kappa shape index (κ3) is 7.72. The topological polar surface area (TPSA) is 15.3 Å². The number of rotatable bonds is 3. The molecule has 2 nitrogen and oxygen atoms in total. The molecule has 0 aliphatic carbocycles. The number of halogens is 2. The molecule has 0 aromatic rings. The van der Waals surface area contributed by atoms with Gasteiger partial charge >= 0.3 is 0 Å². The van der Waals surface area contributed by atoms with E-state index in [9.17, 15) is 0 Å². The van der Waals surface area contributed by atoms with Gasteiger partial charge in [-0.3, -0.25) is 0 Å². The second kappa shape index (κ2) is 10.6. The molecule has 1 N–H and O–H groups in total. The van der Waals surface area contributed by atoms with Crippen molar-refractivity contribution in [2.24, 2.45) is 11.8 Å². The second-order valence-electron chi connectivity index (χ2n) is 4.67. The molecule has 0 aromatic heterocycles. The third-order valence-electron chi connectivity index (χ3n) is 2.73. The molecular formula is C12H28Cl2N2. The minimum atomic E-state index is 0. The van der Waals surface area contributed by atoms with Crippen LogP contribution in [-0.2, 0) is 0 Å². The Morgan fingerprint density at radius 3 is 1.94 bits per heavy atom. The van der Waals surface area contributed by atoms with Crippen molar-refractivity contribution < 1.29 is 0 Å². The molecule has 0 aromatic carbocycles. The SMILES string of the molecule is C.CC1CN(CCCCl)C1.CC1CNC1.Cl. The molecule has 0 radical (unpaired) electrons. The molecule has 0 atom stereocenters. The third-order valence-corrected chi connectivity index (χ3v) is 3.00. The van der Waals surface area contributed by atoms with Crippen LogP contribution in [0.2, 0.25) is 0 Å². The van der Waals surface area contributed by atoms with Gasteiger partial charge in [0.2, 0.25) is 0 Å². The zero-order valence-electron chi connectivity index (χ0n) is 9.84. The lowest BCUT2D eigenvalue weighted by atomic mass is 10.0. The van der Waals surface area contributed by atoms with Crippen molar-refractivity contribution >= 4 is 24.0 Å². The Hall–Kier alpha value is 0.500. The average molecular weight is 271 g/mol. The van der Waals surface area contributed by atoms with E-state index in [1.165, 1.54) is 32.7 Å². The zero-order valence-corrected chi connectivity index (χ0v) is 11.4. The summed E-state index contributed by atoms with van der Waals surface area (Å²) in [5.41, 5.74) is 0. The van der Waals surface area contributed by atoms with Crippen LogP contribution in [0.1, 0.15) is 27.7 Å². The van der Waals surface area contributed by atoms with Crippen LogP contribution in [0, 0.1) is 11.8 Å². The monoisotopic (exact) mass is 270 g/mol. The maximum Gasteiger partial charge on any atom is 0.0235 e. The Labute approximate surface area is 113 Å². The summed E-state index contributed by atoms with van der Waals surface area (Å²) in [6, 6.07) is 0. The highest BCUT2D eigenvalue weighted by molar-refractivity contribution is 6.17. The van der Waals surface area contributed by atoms with Crippen LogP contribution in [0.3, 0.4) is 0 Å². The molecule has 0 spiro atoms. The van der Waals surface area contributed by atoms with Crippen LogP contribution in [0.15, 0.2) is 0 Å². The van der Waals surface area contributed by atoms with E-state index >= 15 is 0 Å². The van der Waals surface area contributed by atoms with Crippen LogP contribution in [-0.4, -0.2) is 43.5 Å². The largest absolute Gasteiger partial charge is 0.316 e. The predicted molar refractivity (Wildman–Crippen MR) is 77.0 cm³/mol. The van der Waals surface area contributed by atoms with Crippen molar-refractivity contribution in [1.29, 1.82) is 0 Å². The van der Waals surface area contributed by atoms with Crippen molar-refractivity contribution in [1.82, 2.24) is 10.2 Å². The van der Waals surface area contributed by atoms with E-state index in [2.05, 4.69) is 24.1 Å². The van der Waals surface area contributed by atoms with Crippen LogP contribution in [0.5, 0.6) is 0 Å². The van der Waals surface area contributed by atoms with Crippen LogP contribution in [0.4, 0.5) is 0 Å². The predicted octanol–water partition coefficient (Wildman–Crippen LogP) is 2.85. The lowest BCUT2D eigenvalue weighted by Crippen LogP contribution is -2.45. The summed E-state index contributed by atoms with van der Waals surface area (Å²) in [4.78, 5) is 2.45. The first-order valence-corrected chi connectivity index (χ1v) is 6.25. The maximum absolute atomic E-state index is 5.54. The molecule has 2 rings (SSSR count). The first-order valence-electron chi connectivity index (χ1n) is 5.71. The van der Waals surface area contributed by atoms with Gasteiger partial charge in [0.25, 0.3) is 0 Å². The summed E-state index contributed by atoms with van der Waals surface area (Å²) < 4.78 is 0. The van der Waals surface area contributed by atoms with E-state index in [1.807, 2.05) is 0 Å². The average Bonchev–Trinajstić information content (AvgIpc) is 2.08. The minimum Gasteiger partial charge on any atom is -0.316 e. The number of likely N-dealkylation sites (tertiary alicyclic amines) is 1. The smallest absolute Gasteiger partial charge is 0.0235 e. The summed E-state index contributed by atoms with van der Waals surface area (Å²) in [5.74, 6) is 2.69. The number of nitrogens with one attached hydrogen (secondary N) is 1. The highest BCUT2D eigenvalue weighted by atomic mass is 35.5. The summed E-state index contributed by atoms with van der Waals surface area (Å²) in [6.07, 6.45) is 1.15. The lowest BCUT2D eigenvalue weighted by Gasteiger charge is -2.36. The quantitative estimate of drug-likeness (QED) is 0.794. The Bertz CT molecular complexity index is 146. The molecule has 100 valence electrons. The van der Waals surface area contributed by atoms with Gasteiger partial charge in [0, 0.05) is 19.0 Å². The molecular weight excluding hydrogens is 243 g/mol. The van der Waals surface area contributed by atoms with E-state index in [4.69, 9.17) is 11.6 Å². The summed E-state index contributed by atoms with van der Waals surface area (Å²) in [6.45, 7) is 10.8. The number of alkyl halides is 1. The molecule has 0 amide bonds. The van der Waals surface area contributed by atoms with Gasteiger partial charge in [-0.1, -0.05) is 21.3 Å². The van der Waals surface area contributed by atoms with Crippen molar-refractivity contribution in [3.8, 4) is 0 Å². The van der Waals surface area contributed by atoms with E-state index in [0.717, 1.165) is 24.1 Å². The van der Waals surface area contributed by atoms with Crippen molar-refractivity contribution in [2.75, 3.05) is 38.6 Å². The molecule has 2 heterocycles. The highest BCUT2D eigenvalue weighted by Crippen LogP contribution is 2.13. The van der Waals surface area contributed by atoms with Gasteiger partial charge in [0.05, 0.1) is 0 Å². The Morgan fingerprint density at radius 1 is 1.19 bits per heavy atom. The van der Waals surface area contributed by atoms with Crippen LogP contribution in [0.25, 0.3) is 0 Å². The normalized spacial score (nSPS) is 20.4. The van der Waals surface area contributed by atoms with E-state index in [-0.39, 0.29) is 19.8 Å². The fraction of sp³-hybridized carbons (Fsp3) is 1.00. The molecule has 0 saturated carbocycles. The number of nitrogens with zero attached hydrogens (tertiary/aromatic N) is 1. The highest BCUT2D eigenvalue weighted by Gasteiger charge is 2.20. The first-order chi connectivity index (χ1) is 6.72. The van der Waals surface area contributed by atoms with Gasteiger partial charge in [-0.25, -0.2) is 0 Å². The molecule has 16 heavy (non-hydrogen) atoms. The second-order valence-corrected chi connectivity index (χ2v) is 5.05. The van der Waals surface area contributed by atoms with Gasteiger partial charge in [-0.2, -0.15) is 0 Å². The van der Waals surface area contributed by atoms with Gasteiger partial charge in [0.15, 0.2) is 0 Å². The summed E-state index contributed by atoms with van der Waals surface area (Å²) in [5, 5.41) is 3.16. The number of hydrogen-bond donors (Lipinski definition) is 1. The number of hydrogen-bond acceptors (Lipinski definition) is 2. The Kier molecular flexibility index (Phi) is 12.5. The molecule has 4 heteroatoms. The van der Waals surface area contributed by atoms with Crippen molar-refractivity contribution in [3.05, 3.63) is 0 Å². The fourth-order valence-corrected chi connectivity index (χ4v) is 1.85. The van der Waals surface area contributed by atoms with E-state index in [1.54, 1.807) is 0 Å². The van der Waals surface area contributed by atoms with Gasteiger partial charge in [-0.15, -0.1) is 24.0 Å². The minimum absolute atomic E-state index is 0. The first kappa shape index (κ1) is 18.9.